The Morgan fingerprint density at radius 3 is 2.62 bits per heavy atom. The monoisotopic (exact) mass is 394 g/mol. The molecular formula is C23H30N4O2. The summed E-state index contributed by atoms with van der Waals surface area (Å²) in [6.45, 7) is 5.31. The minimum Gasteiger partial charge on any atom is -0.373 e. The van der Waals surface area contributed by atoms with E-state index in [9.17, 15) is 9.59 Å². The Bertz CT molecular complexity index is 853. The van der Waals surface area contributed by atoms with Gasteiger partial charge < -0.3 is 20.4 Å². The van der Waals surface area contributed by atoms with Crippen LogP contribution in [0.5, 0.6) is 0 Å². The van der Waals surface area contributed by atoms with Crippen LogP contribution < -0.4 is 15.5 Å². The number of anilines is 3. The van der Waals surface area contributed by atoms with E-state index in [4.69, 9.17) is 0 Å². The summed E-state index contributed by atoms with van der Waals surface area (Å²) in [4.78, 5) is 28.8. The van der Waals surface area contributed by atoms with E-state index < -0.39 is 0 Å². The lowest BCUT2D eigenvalue weighted by molar-refractivity contribution is -0.115. The molecule has 0 aliphatic carbocycles. The lowest BCUT2D eigenvalue weighted by atomic mass is 10.1. The van der Waals surface area contributed by atoms with Crippen LogP contribution in [0.25, 0.3) is 0 Å². The number of nitrogens with one attached hydrogen (secondary N) is 2. The number of likely N-dealkylation sites (N-methyl/N-ethyl adjacent to an activating group) is 1. The van der Waals surface area contributed by atoms with Crippen molar-refractivity contribution >= 4 is 29.0 Å². The summed E-state index contributed by atoms with van der Waals surface area (Å²) in [6.07, 6.45) is 2.42. The van der Waals surface area contributed by atoms with Crippen molar-refractivity contribution < 1.29 is 9.59 Å². The molecule has 0 unspecified atom stereocenters. The van der Waals surface area contributed by atoms with Crippen LogP contribution in [0.15, 0.2) is 48.5 Å². The molecule has 0 aromatic heterocycles. The van der Waals surface area contributed by atoms with Gasteiger partial charge in [-0.15, -0.1) is 0 Å². The molecule has 0 spiro atoms. The largest absolute Gasteiger partial charge is 0.373 e. The average Bonchev–Trinajstić information content (AvgIpc) is 3.19. The minimum absolute atomic E-state index is 0.0466. The number of aryl methyl sites for hydroxylation is 1. The summed E-state index contributed by atoms with van der Waals surface area (Å²) in [5.74, 6) is -0.0466. The van der Waals surface area contributed by atoms with E-state index in [1.807, 2.05) is 55.1 Å². The number of carbonyl (C=O) groups is 2. The molecule has 3 rings (SSSR count). The Hall–Kier alpha value is -3.02. The summed E-state index contributed by atoms with van der Waals surface area (Å²) in [6, 6.07) is 15.9. The molecule has 1 saturated heterocycles. The number of hydrogen-bond donors (Lipinski definition) is 2. The van der Waals surface area contributed by atoms with E-state index in [2.05, 4.69) is 34.7 Å². The van der Waals surface area contributed by atoms with Crippen LogP contribution in [0, 0.1) is 6.92 Å². The fourth-order valence-electron chi connectivity index (χ4n) is 3.67. The molecule has 0 bridgehead atoms. The van der Waals surface area contributed by atoms with Gasteiger partial charge in [0.2, 0.25) is 5.91 Å². The molecule has 0 saturated carbocycles. The first-order chi connectivity index (χ1) is 14.0. The van der Waals surface area contributed by atoms with Crippen molar-refractivity contribution in [2.75, 3.05) is 35.7 Å². The summed E-state index contributed by atoms with van der Waals surface area (Å²) < 4.78 is 0. The van der Waals surface area contributed by atoms with Gasteiger partial charge in [0.05, 0.1) is 6.04 Å². The maximum Gasteiger partial charge on any atom is 0.322 e. The summed E-state index contributed by atoms with van der Waals surface area (Å²) >= 11 is 0. The standard InChI is InChI=1S/C23H30N4O2/c1-4-22(28)24-18-13-12-17(2)21(15-18)25-23(29)27-14-8-11-20(27)16-26(3)19-9-6-5-7-10-19/h5-7,9-10,12-13,15,20H,4,8,11,14,16H2,1-3H3,(H,24,28)(H,25,29)/t20-/m0/s1. The van der Waals surface area contributed by atoms with Gasteiger partial charge in [0.15, 0.2) is 0 Å². The molecule has 2 aromatic carbocycles. The van der Waals surface area contributed by atoms with E-state index >= 15 is 0 Å². The second-order valence-electron chi connectivity index (χ2n) is 7.57. The molecular weight excluding hydrogens is 364 g/mol. The van der Waals surface area contributed by atoms with Crippen LogP contribution >= 0.6 is 0 Å². The van der Waals surface area contributed by atoms with Gasteiger partial charge in [-0.05, 0) is 49.6 Å². The number of para-hydroxylation sites is 1. The minimum atomic E-state index is -0.0870. The number of nitrogens with zero attached hydrogens (tertiary/aromatic N) is 2. The molecule has 1 heterocycles. The van der Waals surface area contributed by atoms with Crippen LogP contribution in [-0.2, 0) is 4.79 Å². The van der Waals surface area contributed by atoms with Crippen LogP contribution in [0.1, 0.15) is 31.7 Å². The lowest BCUT2D eigenvalue weighted by Crippen LogP contribution is -2.44. The Kier molecular flexibility index (Phi) is 6.75. The molecule has 6 nitrogen and oxygen atoms in total. The van der Waals surface area contributed by atoms with Gasteiger partial charge in [-0.3, -0.25) is 4.79 Å². The summed E-state index contributed by atoms with van der Waals surface area (Å²) in [5.41, 5.74) is 3.53. The number of hydrogen-bond acceptors (Lipinski definition) is 3. The van der Waals surface area contributed by atoms with E-state index in [1.54, 1.807) is 0 Å². The van der Waals surface area contributed by atoms with Gasteiger partial charge in [-0.1, -0.05) is 31.2 Å². The average molecular weight is 395 g/mol. The quantitative estimate of drug-likeness (QED) is 0.759. The molecule has 2 aromatic rings. The predicted octanol–water partition coefficient (Wildman–Crippen LogP) is 4.48. The van der Waals surface area contributed by atoms with Gasteiger partial charge in [0.1, 0.15) is 0 Å². The predicted molar refractivity (Wildman–Crippen MR) is 119 cm³/mol. The van der Waals surface area contributed by atoms with Crippen molar-refractivity contribution in [3.63, 3.8) is 0 Å². The summed E-state index contributed by atoms with van der Waals surface area (Å²) in [5, 5.41) is 5.89. The molecule has 0 radical (unpaired) electrons. The van der Waals surface area contributed by atoms with Crippen LogP contribution in [0.2, 0.25) is 0 Å². The number of benzene rings is 2. The SMILES string of the molecule is CCC(=O)Nc1ccc(C)c(NC(=O)N2CCC[C@H]2CN(C)c2ccccc2)c1. The molecule has 1 fully saturated rings. The van der Waals surface area contributed by atoms with Crippen molar-refractivity contribution in [3.05, 3.63) is 54.1 Å². The number of amides is 3. The van der Waals surface area contributed by atoms with Gasteiger partial charge >= 0.3 is 6.03 Å². The molecule has 1 aliphatic heterocycles. The normalized spacial score (nSPS) is 15.8. The first-order valence-corrected chi connectivity index (χ1v) is 10.2. The molecule has 2 N–H and O–H groups in total. The van der Waals surface area contributed by atoms with Crippen molar-refractivity contribution in [2.45, 2.75) is 39.2 Å². The maximum absolute atomic E-state index is 13.0. The molecule has 154 valence electrons. The third-order valence-electron chi connectivity index (χ3n) is 5.40. The maximum atomic E-state index is 13.0. The molecule has 1 atom stereocenters. The van der Waals surface area contributed by atoms with Crippen LogP contribution in [-0.4, -0.2) is 43.0 Å². The van der Waals surface area contributed by atoms with E-state index in [-0.39, 0.29) is 18.0 Å². The zero-order valence-corrected chi connectivity index (χ0v) is 17.4. The molecule has 3 amide bonds. The van der Waals surface area contributed by atoms with Gasteiger partial charge in [-0.25, -0.2) is 4.79 Å². The first-order valence-electron chi connectivity index (χ1n) is 10.2. The van der Waals surface area contributed by atoms with Crippen molar-refractivity contribution in [3.8, 4) is 0 Å². The van der Waals surface area contributed by atoms with E-state index in [0.29, 0.717) is 12.1 Å². The summed E-state index contributed by atoms with van der Waals surface area (Å²) in [7, 11) is 2.06. The van der Waals surface area contributed by atoms with E-state index in [1.165, 1.54) is 0 Å². The highest BCUT2D eigenvalue weighted by Crippen LogP contribution is 2.24. The van der Waals surface area contributed by atoms with Crippen LogP contribution in [0.3, 0.4) is 0 Å². The number of likely N-dealkylation sites (tertiary alicyclic amines) is 1. The molecule has 6 heteroatoms. The second kappa shape index (κ2) is 9.45. The Balaban J connectivity index is 1.66. The zero-order valence-electron chi connectivity index (χ0n) is 17.4. The van der Waals surface area contributed by atoms with E-state index in [0.717, 1.165) is 42.9 Å². The number of carbonyl (C=O) groups excluding carboxylic acids is 2. The highest BCUT2D eigenvalue weighted by molar-refractivity contribution is 5.94. The Labute approximate surface area is 172 Å². The molecule has 1 aliphatic rings. The highest BCUT2D eigenvalue weighted by Gasteiger charge is 2.30. The second-order valence-corrected chi connectivity index (χ2v) is 7.57. The Morgan fingerprint density at radius 1 is 1.14 bits per heavy atom. The first kappa shape index (κ1) is 20.7. The van der Waals surface area contributed by atoms with Crippen molar-refractivity contribution in [1.82, 2.24) is 4.90 Å². The smallest absolute Gasteiger partial charge is 0.322 e. The van der Waals surface area contributed by atoms with Gasteiger partial charge in [0, 0.05) is 43.6 Å². The number of rotatable bonds is 6. The van der Waals surface area contributed by atoms with Crippen molar-refractivity contribution in [2.24, 2.45) is 0 Å². The van der Waals surface area contributed by atoms with Crippen LogP contribution in [0.4, 0.5) is 21.9 Å². The third kappa shape index (κ3) is 5.28. The van der Waals surface area contributed by atoms with Gasteiger partial charge in [0.25, 0.3) is 0 Å². The number of urea groups is 1. The van der Waals surface area contributed by atoms with Gasteiger partial charge in [-0.2, -0.15) is 0 Å². The van der Waals surface area contributed by atoms with Crippen molar-refractivity contribution in [1.29, 1.82) is 0 Å². The highest BCUT2D eigenvalue weighted by atomic mass is 16.2. The molecule has 29 heavy (non-hydrogen) atoms. The zero-order chi connectivity index (χ0) is 20.8. The third-order valence-corrected chi connectivity index (χ3v) is 5.40. The lowest BCUT2D eigenvalue weighted by Gasteiger charge is -2.30. The Morgan fingerprint density at radius 2 is 1.90 bits per heavy atom. The fourth-order valence-corrected chi connectivity index (χ4v) is 3.67. The fraction of sp³-hybridized carbons (Fsp3) is 0.391. The topological polar surface area (TPSA) is 64.7 Å².